The molecule has 0 spiro atoms. The maximum atomic E-state index is 12.5. The first-order chi connectivity index (χ1) is 10.3. The summed E-state index contributed by atoms with van der Waals surface area (Å²) < 4.78 is 25.1. The number of unbranched alkanes of at least 4 members (excludes halogenated alkanes) is 2. The van der Waals surface area contributed by atoms with E-state index in [1.54, 1.807) is 6.92 Å². The molecule has 0 aliphatic carbocycles. The summed E-state index contributed by atoms with van der Waals surface area (Å²) in [6, 6.07) is 1.03. The largest absolute Gasteiger partial charge is 0.298 e. The second-order valence-electron chi connectivity index (χ2n) is 4.86. The highest BCUT2D eigenvalue weighted by atomic mass is 35.5. The molecule has 0 aliphatic heterocycles. The van der Waals surface area contributed by atoms with Crippen molar-refractivity contribution in [3.05, 3.63) is 32.3 Å². The molecule has 0 aromatic heterocycles. The van der Waals surface area contributed by atoms with Crippen LogP contribution in [0.25, 0.3) is 0 Å². The molecule has 122 valence electrons. The van der Waals surface area contributed by atoms with Crippen molar-refractivity contribution in [2.75, 3.05) is 5.75 Å². The van der Waals surface area contributed by atoms with E-state index in [2.05, 4.69) is 0 Å². The molecular formula is C14H18ClNO5S. The summed E-state index contributed by atoms with van der Waals surface area (Å²) in [7, 11) is -3.79. The van der Waals surface area contributed by atoms with E-state index in [9.17, 15) is 23.3 Å². The number of aldehydes is 1. The molecule has 0 aliphatic rings. The van der Waals surface area contributed by atoms with Gasteiger partial charge in [-0.15, -0.1) is 0 Å². The molecule has 0 saturated carbocycles. The number of sulfone groups is 1. The van der Waals surface area contributed by atoms with Gasteiger partial charge in [-0.2, -0.15) is 0 Å². The number of carbonyl (C=O) groups excluding carboxylic acids is 1. The third kappa shape index (κ3) is 3.84. The van der Waals surface area contributed by atoms with Gasteiger partial charge in [0.2, 0.25) is 0 Å². The molecule has 0 radical (unpaired) electrons. The summed E-state index contributed by atoms with van der Waals surface area (Å²) in [5.74, 6) is -0.146. The maximum Gasteiger partial charge on any atom is 0.289 e. The molecule has 0 atom stereocenters. The van der Waals surface area contributed by atoms with E-state index < -0.39 is 25.5 Å². The Labute approximate surface area is 134 Å². The lowest BCUT2D eigenvalue weighted by Gasteiger charge is -2.13. The summed E-state index contributed by atoms with van der Waals surface area (Å²) in [4.78, 5) is 21.1. The van der Waals surface area contributed by atoms with Crippen LogP contribution in [-0.2, 0) is 16.3 Å². The Morgan fingerprint density at radius 2 is 1.95 bits per heavy atom. The minimum atomic E-state index is -3.79. The minimum Gasteiger partial charge on any atom is -0.298 e. The number of halogens is 1. The van der Waals surface area contributed by atoms with E-state index in [0.29, 0.717) is 12.7 Å². The predicted molar refractivity (Wildman–Crippen MR) is 84.4 cm³/mol. The standard InChI is InChI=1S/C14H18ClNO5S/c1-3-5-6-7-22(20,21)14-11(4-2)10(9-17)8-12(13(14)15)16(18)19/h8-9H,3-7H2,1-2H3. The third-order valence-electron chi connectivity index (χ3n) is 3.34. The van der Waals surface area contributed by atoms with E-state index in [1.807, 2.05) is 6.92 Å². The first kappa shape index (κ1) is 18.6. The van der Waals surface area contributed by atoms with E-state index in [1.165, 1.54) is 0 Å². The summed E-state index contributed by atoms with van der Waals surface area (Å²) in [6.07, 6.45) is 2.69. The Balaban J connectivity index is 3.59. The van der Waals surface area contributed by atoms with Gasteiger partial charge in [0.15, 0.2) is 16.1 Å². The van der Waals surface area contributed by atoms with Crippen LogP contribution >= 0.6 is 11.6 Å². The fourth-order valence-corrected chi connectivity index (χ4v) is 4.64. The highest BCUT2D eigenvalue weighted by molar-refractivity contribution is 7.91. The van der Waals surface area contributed by atoms with Crippen LogP contribution in [0.15, 0.2) is 11.0 Å². The molecule has 0 fully saturated rings. The predicted octanol–water partition coefficient (Wildman–Crippen LogP) is 3.59. The number of nitrogens with zero attached hydrogens (tertiary/aromatic N) is 1. The third-order valence-corrected chi connectivity index (χ3v) is 5.74. The number of hydrogen-bond donors (Lipinski definition) is 0. The van der Waals surface area contributed by atoms with Gasteiger partial charge in [-0.1, -0.05) is 38.3 Å². The molecular weight excluding hydrogens is 330 g/mol. The highest BCUT2D eigenvalue weighted by Gasteiger charge is 2.30. The molecule has 0 amide bonds. The molecule has 0 bridgehead atoms. The monoisotopic (exact) mass is 347 g/mol. The fraction of sp³-hybridized carbons (Fsp3) is 0.500. The molecule has 1 aromatic rings. The van der Waals surface area contributed by atoms with Crippen molar-refractivity contribution in [3.63, 3.8) is 0 Å². The smallest absolute Gasteiger partial charge is 0.289 e. The molecule has 0 saturated heterocycles. The molecule has 8 heteroatoms. The SMILES string of the molecule is CCCCCS(=O)(=O)c1c(Cl)c([N+](=O)[O-])cc(C=O)c1CC. The zero-order valence-corrected chi connectivity index (χ0v) is 14.0. The van der Waals surface area contributed by atoms with Crippen molar-refractivity contribution >= 4 is 33.4 Å². The molecule has 1 rings (SSSR count). The van der Waals surface area contributed by atoms with Crippen molar-refractivity contribution in [1.82, 2.24) is 0 Å². The van der Waals surface area contributed by atoms with Gasteiger partial charge in [-0.05, 0) is 18.4 Å². The van der Waals surface area contributed by atoms with Gasteiger partial charge in [0.25, 0.3) is 5.69 Å². The first-order valence-electron chi connectivity index (χ1n) is 6.97. The lowest BCUT2D eigenvalue weighted by molar-refractivity contribution is -0.384. The van der Waals surface area contributed by atoms with Gasteiger partial charge in [0.1, 0.15) is 5.02 Å². The molecule has 0 heterocycles. The lowest BCUT2D eigenvalue weighted by Crippen LogP contribution is -2.13. The van der Waals surface area contributed by atoms with Crippen LogP contribution in [-0.4, -0.2) is 25.4 Å². The Morgan fingerprint density at radius 1 is 1.32 bits per heavy atom. The number of carbonyl (C=O) groups is 1. The van der Waals surface area contributed by atoms with Crippen LogP contribution < -0.4 is 0 Å². The Morgan fingerprint density at radius 3 is 2.41 bits per heavy atom. The number of benzene rings is 1. The Kier molecular flexibility index (Phi) is 6.49. The van der Waals surface area contributed by atoms with Gasteiger partial charge >= 0.3 is 0 Å². The average molecular weight is 348 g/mol. The van der Waals surface area contributed by atoms with Crippen molar-refractivity contribution in [2.24, 2.45) is 0 Å². The van der Waals surface area contributed by atoms with Crippen LogP contribution in [0, 0.1) is 10.1 Å². The summed E-state index contributed by atoms with van der Waals surface area (Å²) in [5.41, 5.74) is -0.329. The van der Waals surface area contributed by atoms with Crippen molar-refractivity contribution in [3.8, 4) is 0 Å². The molecule has 0 unspecified atom stereocenters. The highest BCUT2D eigenvalue weighted by Crippen LogP contribution is 2.37. The van der Waals surface area contributed by atoms with Gasteiger partial charge in [-0.3, -0.25) is 14.9 Å². The van der Waals surface area contributed by atoms with Gasteiger partial charge in [-0.25, -0.2) is 8.42 Å². The fourth-order valence-electron chi connectivity index (χ4n) is 2.25. The van der Waals surface area contributed by atoms with E-state index >= 15 is 0 Å². The van der Waals surface area contributed by atoms with Crippen molar-refractivity contribution < 1.29 is 18.1 Å². The van der Waals surface area contributed by atoms with Crippen molar-refractivity contribution in [1.29, 1.82) is 0 Å². The topological polar surface area (TPSA) is 94.3 Å². The Hall–Kier alpha value is -1.47. The van der Waals surface area contributed by atoms with Crippen LogP contribution in [0.4, 0.5) is 5.69 Å². The van der Waals surface area contributed by atoms with Crippen molar-refractivity contribution in [2.45, 2.75) is 44.4 Å². The summed E-state index contributed by atoms with van der Waals surface area (Å²) >= 11 is 5.98. The molecule has 0 N–H and O–H groups in total. The first-order valence-corrected chi connectivity index (χ1v) is 9.00. The quantitative estimate of drug-likeness (QED) is 0.310. The van der Waals surface area contributed by atoms with Crippen LogP contribution in [0.5, 0.6) is 0 Å². The number of nitro groups is 1. The van der Waals surface area contributed by atoms with E-state index in [4.69, 9.17) is 11.6 Å². The molecule has 22 heavy (non-hydrogen) atoms. The lowest BCUT2D eigenvalue weighted by atomic mass is 10.1. The molecule has 1 aromatic carbocycles. The zero-order chi connectivity index (χ0) is 16.9. The maximum absolute atomic E-state index is 12.5. The molecule has 6 nitrogen and oxygen atoms in total. The number of nitro benzene ring substituents is 1. The summed E-state index contributed by atoms with van der Waals surface area (Å²) in [5, 5.41) is 10.6. The second-order valence-corrected chi connectivity index (χ2v) is 7.29. The van der Waals surface area contributed by atoms with Gasteiger partial charge < -0.3 is 0 Å². The second kappa shape index (κ2) is 7.69. The number of hydrogen-bond acceptors (Lipinski definition) is 5. The van der Waals surface area contributed by atoms with Gasteiger partial charge in [0.05, 0.1) is 15.6 Å². The van der Waals surface area contributed by atoms with Gasteiger partial charge in [0, 0.05) is 11.6 Å². The minimum absolute atomic E-state index is 0.00679. The average Bonchev–Trinajstić information content (AvgIpc) is 2.45. The normalized spacial score (nSPS) is 11.4. The van der Waals surface area contributed by atoms with Crippen LogP contribution in [0.2, 0.25) is 5.02 Å². The van der Waals surface area contributed by atoms with E-state index in [-0.39, 0.29) is 28.2 Å². The zero-order valence-electron chi connectivity index (χ0n) is 12.5. The number of rotatable bonds is 8. The summed E-state index contributed by atoms with van der Waals surface area (Å²) in [6.45, 7) is 3.62. The Bertz CT molecular complexity index is 685. The van der Waals surface area contributed by atoms with E-state index in [0.717, 1.165) is 18.9 Å². The van der Waals surface area contributed by atoms with Crippen LogP contribution in [0.1, 0.15) is 49.0 Å². The van der Waals surface area contributed by atoms with Crippen LogP contribution in [0.3, 0.4) is 0 Å².